The SMILES string of the molecule is C=C(C)C(=O)OCCOC(=O)CCC(=O)OCC(CC(C)C)N1C(=O)c2ccc3c4c(Cl)cc5c6c(ccc(c7c(Cl)cc(c2c37)C1=O)c64)C(=O)N(C(COC(=O)CCC(=O)OCCOC(=O)C(=C)C)CC(C)C)C5=O. The average molecular weight is 1080 g/mol. The van der Waals surface area contributed by atoms with Gasteiger partial charge in [-0.25, -0.2) is 9.59 Å². The van der Waals surface area contributed by atoms with Crippen LogP contribution in [0.3, 0.4) is 0 Å². The maximum absolute atomic E-state index is 14.7. The van der Waals surface area contributed by atoms with Crippen molar-refractivity contribution < 1.29 is 76.4 Å². The number of ether oxygens (including phenoxy) is 6. The molecule has 0 spiro atoms. The molecule has 2 aliphatic rings. The van der Waals surface area contributed by atoms with E-state index < -0.39 is 71.5 Å². The normalized spacial score (nSPS) is 14.0. The van der Waals surface area contributed by atoms with Gasteiger partial charge in [0, 0.05) is 64.6 Å². The molecule has 0 saturated heterocycles. The van der Waals surface area contributed by atoms with E-state index in [4.69, 9.17) is 51.6 Å². The van der Waals surface area contributed by atoms with Crippen LogP contribution in [0.1, 0.15) is 121 Å². The highest BCUT2D eigenvalue weighted by Crippen LogP contribution is 2.50. The lowest BCUT2D eigenvalue weighted by molar-refractivity contribution is -0.153. The molecule has 2 aliphatic heterocycles. The van der Waals surface area contributed by atoms with Crippen LogP contribution in [0.5, 0.6) is 0 Å². The first-order valence-corrected chi connectivity index (χ1v) is 25.4. The van der Waals surface area contributed by atoms with Crippen LogP contribution >= 0.6 is 23.2 Å². The van der Waals surface area contributed by atoms with Gasteiger partial charge in [-0.15, -0.1) is 0 Å². The van der Waals surface area contributed by atoms with Gasteiger partial charge in [0.05, 0.1) is 48.9 Å². The predicted molar refractivity (Wildman–Crippen MR) is 279 cm³/mol. The highest BCUT2D eigenvalue weighted by molar-refractivity contribution is 6.50. The summed E-state index contributed by atoms with van der Waals surface area (Å²) in [6, 6.07) is 7.62. The molecule has 400 valence electrons. The van der Waals surface area contributed by atoms with Crippen LogP contribution in [-0.4, -0.2) is 121 Å². The Labute approximate surface area is 446 Å². The van der Waals surface area contributed by atoms with Crippen molar-refractivity contribution in [2.45, 2.75) is 92.2 Å². The number of amides is 4. The van der Waals surface area contributed by atoms with E-state index in [2.05, 4.69) is 13.2 Å². The number of nitrogens with zero attached hydrogens (tertiary/aromatic N) is 2. The van der Waals surface area contributed by atoms with Crippen molar-refractivity contribution in [3.8, 4) is 0 Å². The number of carbonyl (C=O) groups excluding carboxylic acids is 10. The zero-order valence-electron chi connectivity index (χ0n) is 42.9. The summed E-state index contributed by atoms with van der Waals surface area (Å²) in [5.74, 6) is -7.06. The van der Waals surface area contributed by atoms with Gasteiger partial charge >= 0.3 is 35.8 Å². The first kappa shape index (κ1) is 56.3. The monoisotopic (exact) mass is 1080 g/mol. The van der Waals surface area contributed by atoms with E-state index in [0.29, 0.717) is 43.1 Å². The molecular weight excluding hydrogens is 1030 g/mol. The molecule has 0 bridgehead atoms. The van der Waals surface area contributed by atoms with Gasteiger partial charge in [-0.05, 0) is 73.6 Å². The Balaban J connectivity index is 1.13. The molecule has 0 saturated carbocycles. The van der Waals surface area contributed by atoms with Crippen molar-refractivity contribution >= 4 is 126 Å². The zero-order chi connectivity index (χ0) is 55.4. The van der Waals surface area contributed by atoms with Gasteiger partial charge in [-0.2, -0.15) is 0 Å². The van der Waals surface area contributed by atoms with Crippen molar-refractivity contribution in [1.29, 1.82) is 0 Å². The highest BCUT2D eigenvalue weighted by atomic mass is 35.5. The fraction of sp³-hybridized carbons (Fsp3) is 0.393. The second-order valence-electron chi connectivity index (χ2n) is 19.6. The summed E-state index contributed by atoms with van der Waals surface area (Å²) in [5, 5.41) is 3.68. The molecular formula is C56H56Cl2N2O16. The van der Waals surface area contributed by atoms with Crippen molar-refractivity contribution in [1.82, 2.24) is 9.80 Å². The quantitative estimate of drug-likeness (QED) is 0.0107. The summed E-state index contributed by atoms with van der Waals surface area (Å²) in [7, 11) is 0. The fourth-order valence-corrected chi connectivity index (χ4v) is 10.2. The summed E-state index contributed by atoms with van der Waals surface area (Å²) < 4.78 is 31.0. The van der Waals surface area contributed by atoms with E-state index in [0.717, 1.165) is 9.80 Å². The number of halogens is 2. The average Bonchev–Trinajstić information content (AvgIpc) is 3.36. The minimum Gasteiger partial charge on any atom is -0.463 e. The van der Waals surface area contributed by atoms with Crippen LogP contribution in [0.25, 0.3) is 43.1 Å². The van der Waals surface area contributed by atoms with Crippen LogP contribution in [0.4, 0.5) is 0 Å². The molecule has 2 unspecified atom stereocenters. The second kappa shape index (κ2) is 23.6. The van der Waals surface area contributed by atoms with Crippen LogP contribution in [0, 0.1) is 11.8 Å². The molecule has 2 heterocycles. The molecule has 5 aromatic rings. The van der Waals surface area contributed by atoms with Crippen LogP contribution in [-0.2, 0) is 57.2 Å². The van der Waals surface area contributed by atoms with E-state index >= 15 is 0 Å². The summed E-state index contributed by atoms with van der Waals surface area (Å²) in [5.41, 5.74) is 0.936. The second-order valence-corrected chi connectivity index (χ2v) is 20.4. The van der Waals surface area contributed by atoms with Crippen LogP contribution in [0.2, 0.25) is 10.0 Å². The number of esters is 6. The smallest absolute Gasteiger partial charge is 0.333 e. The number of hydrogen-bond donors (Lipinski definition) is 0. The number of imide groups is 2. The van der Waals surface area contributed by atoms with Crippen molar-refractivity contribution in [2.75, 3.05) is 39.6 Å². The summed E-state index contributed by atoms with van der Waals surface area (Å²) in [6.45, 7) is 15.9. The van der Waals surface area contributed by atoms with Gasteiger partial charge in [0.1, 0.15) is 39.6 Å². The first-order chi connectivity index (χ1) is 36.0. The molecule has 5 aromatic carbocycles. The molecule has 20 heteroatoms. The lowest BCUT2D eigenvalue weighted by Crippen LogP contribution is -2.50. The molecule has 76 heavy (non-hydrogen) atoms. The molecule has 0 N–H and O–H groups in total. The van der Waals surface area contributed by atoms with E-state index in [1.807, 2.05) is 27.7 Å². The van der Waals surface area contributed by atoms with Crippen LogP contribution in [0.15, 0.2) is 60.7 Å². The lowest BCUT2D eigenvalue weighted by atomic mass is 9.81. The summed E-state index contributed by atoms with van der Waals surface area (Å²) in [4.78, 5) is 134. The molecule has 2 atom stereocenters. The molecule has 4 amide bonds. The van der Waals surface area contributed by atoms with Crippen LogP contribution < -0.4 is 0 Å². The Morgan fingerprint density at radius 2 is 0.776 bits per heavy atom. The molecule has 0 aromatic heterocycles. The topological polar surface area (TPSA) is 233 Å². The van der Waals surface area contributed by atoms with Gasteiger partial charge in [0.2, 0.25) is 0 Å². The molecule has 7 rings (SSSR count). The van der Waals surface area contributed by atoms with Gasteiger partial charge in [0.15, 0.2) is 0 Å². The number of hydrogen-bond acceptors (Lipinski definition) is 16. The molecule has 0 radical (unpaired) electrons. The molecule has 18 nitrogen and oxygen atoms in total. The zero-order valence-corrected chi connectivity index (χ0v) is 44.4. The third-order valence-electron chi connectivity index (χ3n) is 12.8. The number of benzene rings is 5. The highest BCUT2D eigenvalue weighted by Gasteiger charge is 2.42. The molecule has 0 aliphatic carbocycles. The maximum atomic E-state index is 14.7. The standard InChI is InChI=1S/C56H56Cl2N2O16/c1-27(2)21-31(25-75-43(63)15-13-41(61)71-17-19-73-55(69)29(5)6)59-51(65)35-11-9-33-48-40(58)24-38-46-36(12-10-34(50(46)48)47-39(57)23-37(53(59)67)45(35)49(33)47)52(66)60(54(38)68)32(22-28(3)4)26-76-44(64)16-14-42(62)72-18-20-74-56(70)30(7)8/h9-12,23-24,27-28,31-32H,5,7,13-22,25-26H2,1-4,6,8H3. The largest absolute Gasteiger partial charge is 0.463 e. The van der Waals surface area contributed by atoms with E-state index in [9.17, 15) is 47.9 Å². The van der Waals surface area contributed by atoms with Crippen molar-refractivity contribution in [2.24, 2.45) is 11.8 Å². The van der Waals surface area contributed by atoms with E-state index in [1.165, 1.54) is 26.0 Å². The van der Waals surface area contributed by atoms with Crippen molar-refractivity contribution in [3.05, 3.63) is 93.0 Å². The fourth-order valence-electron chi connectivity index (χ4n) is 9.55. The van der Waals surface area contributed by atoms with Gasteiger partial charge in [-0.1, -0.05) is 76.2 Å². The maximum Gasteiger partial charge on any atom is 0.333 e. The van der Waals surface area contributed by atoms with Gasteiger partial charge in [-0.3, -0.25) is 48.2 Å². The van der Waals surface area contributed by atoms with Gasteiger partial charge in [0.25, 0.3) is 23.6 Å². The Hall–Kier alpha value is -7.44. The van der Waals surface area contributed by atoms with E-state index in [-0.39, 0.29) is 133 Å². The summed E-state index contributed by atoms with van der Waals surface area (Å²) in [6.07, 6.45) is -0.871. The Morgan fingerprint density at radius 3 is 1.11 bits per heavy atom. The predicted octanol–water partition coefficient (Wildman–Crippen LogP) is 9.04. The van der Waals surface area contributed by atoms with Crippen molar-refractivity contribution in [3.63, 3.8) is 0 Å². The number of rotatable bonds is 24. The minimum absolute atomic E-state index is 0.0708. The Bertz CT molecular complexity index is 3070. The minimum atomic E-state index is -0.920. The third-order valence-corrected chi connectivity index (χ3v) is 13.4. The first-order valence-electron chi connectivity index (χ1n) is 24.6. The molecule has 0 fully saturated rings. The Kier molecular flexibility index (Phi) is 17.5. The summed E-state index contributed by atoms with van der Waals surface area (Å²) >= 11 is 14.4. The number of fused-ring (bicyclic) bond motifs is 2. The Morgan fingerprint density at radius 1 is 0.461 bits per heavy atom. The third kappa shape index (κ3) is 11.7. The lowest BCUT2D eigenvalue weighted by Gasteiger charge is -2.36. The van der Waals surface area contributed by atoms with E-state index in [1.54, 1.807) is 24.3 Å². The number of carbonyl (C=O) groups is 10. The van der Waals surface area contributed by atoms with Gasteiger partial charge < -0.3 is 28.4 Å².